The second kappa shape index (κ2) is 23.7. The predicted octanol–water partition coefficient (Wildman–Crippen LogP) is 24.0. The van der Waals surface area contributed by atoms with Gasteiger partial charge in [0, 0.05) is 67.9 Å². The van der Waals surface area contributed by atoms with Crippen molar-refractivity contribution in [2.45, 2.75) is 0 Å². The minimum atomic E-state index is 1.05. The molecule has 0 radical (unpaired) electrons. The molecule has 15 rings (SSSR count). The van der Waals surface area contributed by atoms with Gasteiger partial charge >= 0.3 is 0 Å². The molecule has 88 heavy (non-hydrogen) atoms. The Kier molecular flexibility index (Phi) is 14.3. The number of anilines is 12. The summed E-state index contributed by atoms with van der Waals surface area (Å²) >= 11 is 0. The minimum Gasteiger partial charge on any atom is -0.311 e. The van der Waals surface area contributed by atoms with Crippen molar-refractivity contribution >= 4 is 101 Å². The zero-order valence-electron chi connectivity index (χ0n) is 48.4. The maximum Gasteiger partial charge on any atom is 0.0547 e. The van der Waals surface area contributed by atoms with Crippen LogP contribution >= 0.6 is 0 Å². The van der Waals surface area contributed by atoms with E-state index in [1.165, 1.54) is 0 Å². The molecule has 0 bridgehead atoms. The van der Waals surface area contributed by atoms with Crippen molar-refractivity contribution in [1.82, 2.24) is 0 Å². The molecule has 0 spiro atoms. The third-order valence-electron chi connectivity index (χ3n) is 16.8. The highest BCUT2D eigenvalue weighted by molar-refractivity contribution is 6.13. The normalized spacial score (nSPS) is 11.2. The monoisotopic (exact) mass is 1120 g/mol. The van der Waals surface area contributed by atoms with Gasteiger partial charge < -0.3 is 19.6 Å². The lowest BCUT2D eigenvalue weighted by atomic mass is 9.90. The summed E-state index contributed by atoms with van der Waals surface area (Å²) in [6.07, 6.45) is 0. The fraction of sp³-hybridized carbons (Fsp3) is 0. The van der Waals surface area contributed by atoms with Gasteiger partial charge in [-0.3, -0.25) is 0 Å². The number of rotatable bonds is 15. The van der Waals surface area contributed by atoms with Crippen LogP contribution in [0.15, 0.2) is 364 Å². The minimum absolute atomic E-state index is 1.05. The van der Waals surface area contributed by atoms with Crippen LogP contribution in [0.1, 0.15) is 0 Å². The van der Waals surface area contributed by atoms with Crippen LogP contribution in [-0.4, -0.2) is 0 Å². The van der Waals surface area contributed by atoms with Crippen molar-refractivity contribution in [1.29, 1.82) is 0 Å². The molecule has 0 N–H and O–H groups in total. The molecule has 0 aliphatic heterocycles. The van der Waals surface area contributed by atoms with Crippen LogP contribution in [0.25, 0.3) is 65.7 Å². The van der Waals surface area contributed by atoms with E-state index in [2.05, 4.69) is 384 Å². The van der Waals surface area contributed by atoms with Crippen LogP contribution in [0.4, 0.5) is 68.2 Å². The van der Waals surface area contributed by atoms with Gasteiger partial charge in [-0.25, -0.2) is 0 Å². The van der Waals surface area contributed by atoms with Crippen molar-refractivity contribution < 1.29 is 0 Å². The number of hydrogen-bond acceptors (Lipinski definition) is 4. The highest BCUT2D eigenvalue weighted by atomic mass is 15.2. The third-order valence-corrected chi connectivity index (χ3v) is 16.8. The molecular weight excluding hydrogens is 1060 g/mol. The lowest BCUT2D eigenvalue weighted by Gasteiger charge is -2.33. The van der Waals surface area contributed by atoms with Crippen LogP contribution < -0.4 is 19.6 Å². The Balaban J connectivity index is 0.982. The molecule has 0 saturated heterocycles. The van der Waals surface area contributed by atoms with Crippen LogP contribution in [0, 0.1) is 0 Å². The first-order valence-corrected chi connectivity index (χ1v) is 30.1. The Morgan fingerprint density at radius 3 is 0.557 bits per heavy atom. The van der Waals surface area contributed by atoms with Gasteiger partial charge in [0.2, 0.25) is 0 Å². The first kappa shape index (κ1) is 53.0. The fourth-order valence-electron chi connectivity index (χ4n) is 12.8. The van der Waals surface area contributed by atoms with Crippen LogP contribution in [0.2, 0.25) is 0 Å². The van der Waals surface area contributed by atoms with Gasteiger partial charge in [-0.2, -0.15) is 0 Å². The zero-order valence-corrected chi connectivity index (χ0v) is 48.4. The standard InChI is InChI=1S/C84H60N4/c1-7-28-67(29-8-1)85(68-30-9-2-10-31-68)73-52-43-64(44-53-73)82-76-40-22-19-25-61(76)49-58-79(82)88(80-59-50-62-26-20-23-41-77(62)83(80)65-45-54-74(55-46-65)86(69-32-11-3-12-33-69)70-34-13-4-14-35-70)81-60-51-63-27-21-24-42-78(63)84(81)66-47-56-75(57-48-66)87(71-36-15-5-16-37-71)72-38-17-6-18-39-72/h1-60H. The zero-order chi connectivity index (χ0) is 58.6. The average Bonchev–Trinajstić information content (AvgIpc) is 0.946. The molecule has 0 unspecified atom stereocenters. The Morgan fingerprint density at radius 2 is 0.330 bits per heavy atom. The maximum atomic E-state index is 2.57. The van der Waals surface area contributed by atoms with E-state index in [-0.39, 0.29) is 0 Å². The molecule has 0 atom stereocenters. The molecule has 15 aromatic carbocycles. The first-order valence-electron chi connectivity index (χ1n) is 30.1. The molecule has 0 fully saturated rings. The van der Waals surface area contributed by atoms with E-state index in [0.717, 1.165) is 134 Å². The van der Waals surface area contributed by atoms with Crippen LogP contribution in [0.5, 0.6) is 0 Å². The summed E-state index contributed by atoms with van der Waals surface area (Å²) in [7, 11) is 0. The molecule has 4 nitrogen and oxygen atoms in total. The van der Waals surface area contributed by atoms with E-state index in [0.29, 0.717) is 0 Å². The third kappa shape index (κ3) is 10.1. The Labute approximate surface area is 514 Å². The SMILES string of the molecule is c1ccc(N(c2ccccc2)c2ccc(-c3c(N(c4ccc5ccccc5c4-c4ccc(N(c5ccccc5)c5ccccc5)cc4)c4ccc5ccccc5c4-c4ccc(N(c5ccccc5)c5ccccc5)cc4)ccc4ccccc34)cc2)cc1. The van der Waals surface area contributed by atoms with Gasteiger partial charge in [0.25, 0.3) is 0 Å². The Morgan fingerprint density at radius 1 is 0.136 bits per heavy atom. The van der Waals surface area contributed by atoms with Gasteiger partial charge in [-0.1, -0.05) is 237 Å². The van der Waals surface area contributed by atoms with Crippen LogP contribution in [0.3, 0.4) is 0 Å². The van der Waals surface area contributed by atoms with Gasteiger partial charge in [0.15, 0.2) is 0 Å². The molecule has 15 aromatic rings. The summed E-state index contributed by atoms with van der Waals surface area (Å²) in [5, 5.41) is 6.94. The van der Waals surface area contributed by atoms with E-state index in [9.17, 15) is 0 Å². The molecule has 0 saturated carbocycles. The summed E-state index contributed by atoms with van der Waals surface area (Å²) in [5.74, 6) is 0. The molecule has 0 aromatic heterocycles. The summed E-state index contributed by atoms with van der Waals surface area (Å²) in [6, 6.07) is 132. The average molecular weight is 1130 g/mol. The van der Waals surface area contributed by atoms with Crippen LogP contribution in [-0.2, 0) is 0 Å². The summed E-state index contributed by atoms with van der Waals surface area (Å²) in [6.45, 7) is 0. The lowest BCUT2D eigenvalue weighted by Crippen LogP contribution is -2.14. The predicted molar refractivity (Wildman–Crippen MR) is 374 cm³/mol. The number of hydrogen-bond donors (Lipinski definition) is 0. The van der Waals surface area contributed by atoms with E-state index < -0.39 is 0 Å². The van der Waals surface area contributed by atoms with E-state index in [4.69, 9.17) is 0 Å². The van der Waals surface area contributed by atoms with E-state index >= 15 is 0 Å². The van der Waals surface area contributed by atoms with Crippen molar-refractivity contribution in [2.75, 3.05) is 19.6 Å². The lowest BCUT2D eigenvalue weighted by molar-refractivity contribution is 1.28. The van der Waals surface area contributed by atoms with Crippen molar-refractivity contribution in [3.8, 4) is 33.4 Å². The second-order valence-electron chi connectivity index (χ2n) is 22.0. The van der Waals surface area contributed by atoms with Crippen molar-refractivity contribution in [3.05, 3.63) is 364 Å². The molecular formula is C84H60N4. The molecule has 416 valence electrons. The first-order chi connectivity index (χ1) is 43.7. The highest BCUT2D eigenvalue weighted by Crippen LogP contribution is 2.53. The molecule has 4 heteroatoms. The van der Waals surface area contributed by atoms with Gasteiger partial charge in [-0.15, -0.1) is 0 Å². The molecule has 0 amide bonds. The van der Waals surface area contributed by atoms with E-state index in [1.807, 2.05) is 0 Å². The van der Waals surface area contributed by atoms with Gasteiger partial charge in [0.05, 0.1) is 17.1 Å². The van der Waals surface area contributed by atoms with Gasteiger partial charge in [0.1, 0.15) is 0 Å². The fourth-order valence-corrected chi connectivity index (χ4v) is 12.8. The Hall–Kier alpha value is -11.7. The van der Waals surface area contributed by atoms with Crippen molar-refractivity contribution in [2.24, 2.45) is 0 Å². The maximum absolute atomic E-state index is 2.57. The molecule has 0 aliphatic carbocycles. The molecule has 0 aliphatic rings. The smallest absolute Gasteiger partial charge is 0.0547 e. The summed E-state index contributed by atoms with van der Waals surface area (Å²) in [4.78, 5) is 9.56. The van der Waals surface area contributed by atoms with E-state index in [1.54, 1.807) is 0 Å². The Bertz CT molecular complexity index is 4250. The number of nitrogens with zero attached hydrogens (tertiary/aromatic N) is 4. The number of benzene rings is 15. The molecule has 0 heterocycles. The summed E-state index contributed by atoms with van der Waals surface area (Å²) < 4.78 is 0. The topological polar surface area (TPSA) is 13.0 Å². The second-order valence-corrected chi connectivity index (χ2v) is 22.0. The highest BCUT2D eigenvalue weighted by Gasteiger charge is 2.28. The quantitative estimate of drug-likeness (QED) is 0.101. The summed E-state index contributed by atoms with van der Waals surface area (Å²) in [5.41, 5.74) is 19.6. The van der Waals surface area contributed by atoms with Crippen molar-refractivity contribution in [3.63, 3.8) is 0 Å². The number of fused-ring (bicyclic) bond motifs is 3. The van der Waals surface area contributed by atoms with Gasteiger partial charge in [-0.05, 0) is 176 Å². The largest absolute Gasteiger partial charge is 0.311 e. The number of para-hydroxylation sites is 6.